The van der Waals surface area contributed by atoms with E-state index in [-0.39, 0.29) is 0 Å². The molecule has 1 aromatic carbocycles. The molecule has 0 bridgehead atoms. The van der Waals surface area contributed by atoms with Gasteiger partial charge in [0.15, 0.2) is 4.77 Å². The summed E-state index contributed by atoms with van der Waals surface area (Å²) in [6, 6.07) is 4.14. The quantitative estimate of drug-likeness (QED) is 0.718. The fraction of sp³-hybridized carbons (Fsp3) is 0.222. The van der Waals surface area contributed by atoms with Gasteiger partial charge in [0.05, 0.1) is 11.0 Å². The first-order chi connectivity index (χ1) is 6.09. The Morgan fingerprint density at radius 3 is 2.85 bits per heavy atom. The third kappa shape index (κ3) is 1.34. The van der Waals surface area contributed by atoms with Crippen molar-refractivity contribution in [1.82, 2.24) is 9.55 Å². The molecule has 0 unspecified atom stereocenters. The number of imidazole rings is 1. The molecule has 0 aliphatic heterocycles. The highest BCUT2D eigenvalue weighted by molar-refractivity contribution is 9.10. The molecular formula is C9H9BrN2S. The Morgan fingerprint density at radius 1 is 1.46 bits per heavy atom. The number of aromatic nitrogens is 2. The molecule has 2 rings (SSSR count). The number of aromatic amines is 1. The number of halogens is 1. The van der Waals surface area contributed by atoms with E-state index < -0.39 is 0 Å². The molecule has 4 heteroatoms. The molecule has 2 nitrogen and oxygen atoms in total. The number of rotatable bonds is 0. The fourth-order valence-electron chi connectivity index (χ4n) is 1.45. The lowest BCUT2D eigenvalue weighted by molar-refractivity contribution is 0.927. The molecule has 0 spiro atoms. The molecule has 0 atom stereocenters. The maximum absolute atomic E-state index is 5.15. The van der Waals surface area contributed by atoms with E-state index in [1.54, 1.807) is 0 Å². The van der Waals surface area contributed by atoms with Crippen molar-refractivity contribution in [3.8, 4) is 0 Å². The minimum atomic E-state index is 0.760. The van der Waals surface area contributed by atoms with Gasteiger partial charge in [-0.25, -0.2) is 0 Å². The van der Waals surface area contributed by atoms with E-state index in [4.69, 9.17) is 12.2 Å². The van der Waals surface area contributed by atoms with Gasteiger partial charge in [-0.3, -0.25) is 0 Å². The van der Waals surface area contributed by atoms with Gasteiger partial charge in [-0.15, -0.1) is 0 Å². The van der Waals surface area contributed by atoms with E-state index in [0.29, 0.717) is 0 Å². The lowest BCUT2D eigenvalue weighted by Gasteiger charge is -1.98. The van der Waals surface area contributed by atoms with Crippen molar-refractivity contribution in [3.05, 3.63) is 26.9 Å². The van der Waals surface area contributed by atoms with Crippen LogP contribution in [0.1, 0.15) is 5.56 Å². The van der Waals surface area contributed by atoms with Crippen LogP contribution >= 0.6 is 28.1 Å². The van der Waals surface area contributed by atoms with Crippen molar-refractivity contribution in [2.45, 2.75) is 6.92 Å². The summed E-state index contributed by atoms with van der Waals surface area (Å²) in [4.78, 5) is 3.18. The second-order valence-electron chi connectivity index (χ2n) is 3.11. The molecule has 0 aliphatic carbocycles. The number of nitrogens with zero attached hydrogens (tertiary/aromatic N) is 1. The maximum Gasteiger partial charge on any atom is 0.177 e. The third-order valence-corrected chi connectivity index (χ3v) is 3.01. The smallest absolute Gasteiger partial charge is 0.177 e. The van der Waals surface area contributed by atoms with Crippen LogP contribution in [0.2, 0.25) is 0 Å². The molecule has 68 valence electrons. The predicted octanol–water partition coefficient (Wildman–Crippen LogP) is 3.31. The van der Waals surface area contributed by atoms with Crippen LogP contribution < -0.4 is 0 Å². The van der Waals surface area contributed by atoms with Crippen LogP contribution in [-0.4, -0.2) is 9.55 Å². The SMILES string of the molecule is Cc1cc(Br)cc2c1[nH]c(=S)n2C. The molecule has 0 fully saturated rings. The molecule has 2 aromatic rings. The zero-order valence-electron chi connectivity index (χ0n) is 7.39. The normalized spacial score (nSPS) is 11.0. The second-order valence-corrected chi connectivity index (χ2v) is 4.41. The fourth-order valence-corrected chi connectivity index (χ4v) is 2.21. The second kappa shape index (κ2) is 2.96. The monoisotopic (exact) mass is 256 g/mol. The average molecular weight is 257 g/mol. The molecule has 1 heterocycles. The Hall–Kier alpha value is -0.610. The van der Waals surface area contributed by atoms with Crippen molar-refractivity contribution < 1.29 is 0 Å². The number of aryl methyl sites for hydroxylation is 2. The first-order valence-electron chi connectivity index (χ1n) is 3.94. The summed E-state index contributed by atoms with van der Waals surface area (Å²) in [5.74, 6) is 0. The van der Waals surface area contributed by atoms with Gasteiger partial charge in [0.1, 0.15) is 0 Å². The van der Waals surface area contributed by atoms with E-state index in [2.05, 4.69) is 40.0 Å². The lowest BCUT2D eigenvalue weighted by Crippen LogP contribution is -1.86. The molecule has 0 saturated heterocycles. The Kier molecular flexibility index (Phi) is 2.04. The van der Waals surface area contributed by atoms with Gasteiger partial charge in [-0.05, 0) is 36.8 Å². The molecular weight excluding hydrogens is 248 g/mol. The molecule has 1 N–H and O–H groups in total. The van der Waals surface area contributed by atoms with Crippen molar-refractivity contribution in [3.63, 3.8) is 0 Å². The van der Waals surface area contributed by atoms with E-state index in [0.717, 1.165) is 20.3 Å². The third-order valence-electron chi connectivity index (χ3n) is 2.18. The van der Waals surface area contributed by atoms with Crippen LogP contribution in [0.25, 0.3) is 11.0 Å². The molecule has 0 radical (unpaired) electrons. The van der Waals surface area contributed by atoms with E-state index in [9.17, 15) is 0 Å². The van der Waals surface area contributed by atoms with Crippen LogP contribution in [0.15, 0.2) is 16.6 Å². The minimum Gasteiger partial charge on any atom is -0.330 e. The molecule has 1 aromatic heterocycles. The average Bonchev–Trinajstić information content (AvgIpc) is 2.32. The maximum atomic E-state index is 5.15. The number of H-pyrrole nitrogens is 1. The summed E-state index contributed by atoms with van der Waals surface area (Å²) in [6.07, 6.45) is 0. The van der Waals surface area contributed by atoms with Crippen molar-refractivity contribution in [2.75, 3.05) is 0 Å². The summed E-state index contributed by atoms with van der Waals surface area (Å²) in [7, 11) is 1.97. The Bertz CT molecular complexity index is 524. The van der Waals surface area contributed by atoms with Crippen molar-refractivity contribution >= 4 is 39.2 Å². The standard InChI is InChI=1S/C9H9BrN2S/c1-5-3-6(10)4-7-8(5)11-9(13)12(7)2/h3-4H,1-2H3,(H,11,13). The van der Waals surface area contributed by atoms with Gasteiger partial charge in [-0.1, -0.05) is 15.9 Å². The number of hydrogen-bond acceptors (Lipinski definition) is 1. The summed E-state index contributed by atoms with van der Waals surface area (Å²) in [5, 5.41) is 0. The van der Waals surface area contributed by atoms with Crippen LogP contribution in [0, 0.1) is 11.7 Å². The van der Waals surface area contributed by atoms with E-state index in [1.807, 2.05) is 11.6 Å². The Balaban J connectivity index is 3.03. The topological polar surface area (TPSA) is 20.7 Å². The summed E-state index contributed by atoms with van der Waals surface area (Å²) in [5.41, 5.74) is 3.46. The van der Waals surface area contributed by atoms with Gasteiger partial charge in [0.2, 0.25) is 0 Å². The number of hydrogen-bond donors (Lipinski definition) is 1. The highest BCUT2D eigenvalue weighted by Crippen LogP contribution is 2.22. The molecule has 0 saturated carbocycles. The summed E-state index contributed by atoms with van der Waals surface area (Å²) in [6.45, 7) is 2.07. The lowest BCUT2D eigenvalue weighted by atomic mass is 10.2. The van der Waals surface area contributed by atoms with Gasteiger partial charge in [-0.2, -0.15) is 0 Å². The number of nitrogens with one attached hydrogen (secondary N) is 1. The van der Waals surface area contributed by atoms with Gasteiger partial charge < -0.3 is 9.55 Å². The van der Waals surface area contributed by atoms with Crippen molar-refractivity contribution in [2.24, 2.45) is 7.05 Å². The van der Waals surface area contributed by atoms with Gasteiger partial charge in [0.25, 0.3) is 0 Å². The van der Waals surface area contributed by atoms with Crippen LogP contribution in [0.3, 0.4) is 0 Å². The zero-order chi connectivity index (χ0) is 9.59. The molecule has 0 aliphatic rings. The summed E-state index contributed by atoms with van der Waals surface area (Å²) >= 11 is 8.61. The van der Waals surface area contributed by atoms with Crippen LogP contribution in [0.4, 0.5) is 0 Å². The first-order valence-corrected chi connectivity index (χ1v) is 5.14. The van der Waals surface area contributed by atoms with Crippen LogP contribution in [0.5, 0.6) is 0 Å². The van der Waals surface area contributed by atoms with Crippen LogP contribution in [-0.2, 0) is 7.05 Å². The van der Waals surface area contributed by atoms with E-state index >= 15 is 0 Å². The number of fused-ring (bicyclic) bond motifs is 1. The summed E-state index contributed by atoms with van der Waals surface area (Å²) < 4.78 is 3.82. The van der Waals surface area contributed by atoms with Gasteiger partial charge >= 0.3 is 0 Å². The first kappa shape index (κ1) is 8.97. The molecule has 13 heavy (non-hydrogen) atoms. The minimum absolute atomic E-state index is 0.760. The highest BCUT2D eigenvalue weighted by atomic mass is 79.9. The van der Waals surface area contributed by atoms with E-state index in [1.165, 1.54) is 5.56 Å². The highest BCUT2D eigenvalue weighted by Gasteiger charge is 2.04. The van der Waals surface area contributed by atoms with Gasteiger partial charge in [0, 0.05) is 11.5 Å². The largest absolute Gasteiger partial charge is 0.330 e. The molecule has 0 amide bonds. The van der Waals surface area contributed by atoms with Crippen molar-refractivity contribution in [1.29, 1.82) is 0 Å². The Morgan fingerprint density at radius 2 is 2.15 bits per heavy atom. The Labute approximate surface area is 89.7 Å². The predicted molar refractivity (Wildman–Crippen MR) is 60.5 cm³/mol. The number of benzene rings is 1. The zero-order valence-corrected chi connectivity index (χ0v) is 9.79.